The minimum atomic E-state index is -1.69. The Morgan fingerprint density at radius 1 is 1.00 bits per heavy atom. The molecule has 32 heavy (non-hydrogen) atoms. The maximum atomic E-state index is 12.8. The Bertz CT molecular complexity index is 812. The molecule has 1 aromatic rings. The van der Waals surface area contributed by atoms with Crippen molar-refractivity contribution in [3.8, 4) is 0 Å². The molecule has 1 rings (SSSR count). The number of H-pyrrole nitrogens is 1. The average molecular weight is 456 g/mol. The summed E-state index contributed by atoms with van der Waals surface area (Å²) in [7, 11) is 0. The number of hydrogen-bond acceptors (Lipinski definition) is 8. The molecular weight excluding hydrogens is 428 g/mol. The fourth-order valence-electron chi connectivity index (χ4n) is 2.51. The molecule has 0 aliphatic rings. The van der Waals surface area contributed by atoms with Gasteiger partial charge in [0.1, 0.15) is 18.1 Å². The Morgan fingerprint density at radius 3 is 2.03 bits per heavy atom. The first-order valence-electron chi connectivity index (χ1n) is 9.65. The molecule has 0 spiro atoms. The fraction of sp³-hybridized carbons (Fsp3) is 0.556. The van der Waals surface area contributed by atoms with Crippen LogP contribution in [0.15, 0.2) is 12.5 Å². The molecular formula is C18H28N6O8. The van der Waals surface area contributed by atoms with Crippen LogP contribution in [0.4, 0.5) is 0 Å². The van der Waals surface area contributed by atoms with Gasteiger partial charge in [-0.15, -0.1) is 0 Å². The van der Waals surface area contributed by atoms with E-state index in [-0.39, 0.29) is 12.3 Å². The standard InChI is InChI=1S/C18H28N6O8/c1-8(2)14(19)17(30)23-10(3-9-5-20-7-21-9)15(28)22-11(4-13(26)27)16(29)24-12(6-25)18(31)32/h5,7-8,10-12,14,25H,3-4,6,19H2,1-2H3,(H,20,21)(H,22,28)(H,23,30)(H,24,29)(H,26,27)(H,31,32). The molecule has 0 aromatic carbocycles. The number of aromatic amines is 1. The number of rotatable bonds is 13. The molecule has 178 valence electrons. The number of carbonyl (C=O) groups excluding carboxylic acids is 3. The van der Waals surface area contributed by atoms with Crippen LogP contribution in [0, 0.1) is 5.92 Å². The van der Waals surface area contributed by atoms with Crippen molar-refractivity contribution in [1.29, 1.82) is 0 Å². The van der Waals surface area contributed by atoms with Gasteiger partial charge >= 0.3 is 11.9 Å². The van der Waals surface area contributed by atoms with E-state index < -0.39 is 66.9 Å². The third-order valence-electron chi connectivity index (χ3n) is 4.44. The van der Waals surface area contributed by atoms with Crippen molar-refractivity contribution in [3.05, 3.63) is 18.2 Å². The van der Waals surface area contributed by atoms with Gasteiger partial charge < -0.3 is 42.0 Å². The number of nitrogens with two attached hydrogens (primary N) is 1. The minimum Gasteiger partial charge on any atom is -0.481 e. The molecule has 4 unspecified atom stereocenters. The van der Waals surface area contributed by atoms with Gasteiger partial charge in [-0.3, -0.25) is 19.2 Å². The lowest BCUT2D eigenvalue weighted by atomic mass is 10.0. The largest absolute Gasteiger partial charge is 0.481 e. The first-order chi connectivity index (χ1) is 15.0. The molecule has 14 heteroatoms. The van der Waals surface area contributed by atoms with Gasteiger partial charge in [0.25, 0.3) is 0 Å². The van der Waals surface area contributed by atoms with E-state index in [0.717, 1.165) is 0 Å². The smallest absolute Gasteiger partial charge is 0.328 e. The predicted octanol–water partition coefficient (Wildman–Crippen LogP) is -3.06. The van der Waals surface area contributed by atoms with Crippen LogP contribution in [0.1, 0.15) is 26.0 Å². The lowest BCUT2D eigenvalue weighted by Gasteiger charge is -2.24. The zero-order valence-electron chi connectivity index (χ0n) is 17.6. The Kier molecular flexibility index (Phi) is 10.2. The maximum absolute atomic E-state index is 12.8. The Hall–Kier alpha value is -3.52. The summed E-state index contributed by atoms with van der Waals surface area (Å²) < 4.78 is 0. The van der Waals surface area contributed by atoms with Gasteiger partial charge in [0, 0.05) is 18.3 Å². The van der Waals surface area contributed by atoms with E-state index in [2.05, 4.69) is 20.6 Å². The highest BCUT2D eigenvalue weighted by Crippen LogP contribution is 2.04. The van der Waals surface area contributed by atoms with Gasteiger partial charge in [-0.05, 0) is 5.92 Å². The summed E-state index contributed by atoms with van der Waals surface area (Å²) in [5.74, 6) is -5.90. The zero-order chi connectivity index (χ0) is 24.4. The van der Waals surface area contributed by atoms with Crippen LogP contribution in [-0.4, -0.2) is 85.7 Å². The molecule has 14 nitrogen and oxygen atoms in total. The van der Waals surface area contributed by atoms with Gasteiger partial charge in [0.2, 0.25) is 17.7 Å². The zero-order valence-corrected chi connectivity index (χ0v) is 17.6. The number of aliphatic carboxylic acids is 2. The number of amides is 3. The molecule has 0 aliphatic heterocycles. The highest BCUT2D eigenvalue weighted by molar-refractivity contribution is 5.95. The number of nitrogens with zero attached hydrogens (tertiary/aromatic N) is 1. The number of carbonyl (C=O) groups is 5. The topological polar surface area (TPSA) is 237 Å². The molecule has 0 radical (unpaired) electrons. The Morgan fingerprint density at radius 2 is 1.56 bits per heavy atom. The molecule has 1 heterocycles. The quantitative estimate of drug-likeness (QED) is 0.149. The number of aliphatic hydroxyl groups excluding tert-OH is 1. The first kappa shape index (κ1) is 26.5. The lowest BCUT2D eigenvalue weighted by molar-refractivity contribution is -0.144. The van der Waals surface area contributed by atoms with Gasteiger partial charge in [0.15, 0.2) is 0 Å². The second kappa shape index (κ2) is 12.4. The van der Waals surface area contributed by atoms with Crippen molar-refractivity contribution in [2.45, 2.75) is 50.9 Å². The number of imidazole rings is 1. The van der Waals surface area contributed by atoms with Crippen molar-refractivity contribution < 1.29 is 39.3 Å². The van der Waals surface area contributed by atoms with Crippen LogP contribution in [0.3, 0.4) is 0 Å². The van der Waals surface area contributed by atoms with E-state index in [1.807, 2.05) is 5.32 Å². The first-order valence-corrected chi connectivity index (χ1v) is 9.65. The van der Waals surface area contributed by atoms with Crippen LogP contribution < -0.4 is 21.7 Å². The Labute approximate surface area is 183 Å². The monoisotopic (exact) mass is 456 g/mol. The second-order valence-corrected chi connectivity index (χ2v) is 7.35. The highest BCUT2D eigenvalue weighted by Gasteiger charge is 2.32. The van der Waals surface area contributed by atoms with E-state index in [1.165, 1.54) is 12.5 Å². The van der Waals surface area contributed by atoms with E-state index in [1.54, 1.807) is 13.8 Å². The number of hydrogen-bond donors (Lipinski definition) is 8. The van der Waals surface area contributed by atoms with Crippen molar-refractivity contribution in [2.75, 3.05) is 6.61 Å². The SMILES string of the molecule is CC(C)C(N)C(=O)NC(Cc1cnc[nH]1)C(=O)NC(CC(=O)O)C(=O)NC(CO)C(=O)O. The molecule has 4 atom stereocenters. The minimum absolute atomic E-state index is 0.0712. The molecule has 0 saturated carbocycles. The number of aromatic nitrogens is 2. The number of carboxylic acids is 2. The highest BCUT2D eigenvalue weighted by atomic mass is 16.4. The van der Waals surface area contributed by atoms with Crippen molar-refractivity contribution in [1.82, 2.24) is 25.9 Å². The summed E-state index contributed by atoms with van der Waals surface area (Å²) in [5, 5.41) is 33.7. The van der Waals surface area contributed by atoms with Gasteiger partial charge in [0.05, 0.1) is 25.4 Å². The van der Waals surface area contributed by atoms with E-state index >= 15 is 0 Å². The van der Waals surface area contributed by atoms with E-state index in [4.69, 9.17) is 21.1 Å². The number of aliphatic hydroxyl groups is 1. The van der Waals surface area contributed by atoms with Crippen molar-refractivity contribution in [2.24, 2.45) is 11.7 Å². The lowest BCUT2D eigenvalue weighted by Crippen LogP contribution is -2.58. The third kappa shape index (κ3) is 8.31. The van der Waals surface area contributed by atoms with E-state index in [0.29, 0.717) is 5.69 Å². The van der Waals surface area contributed by atoms with Crippen LogP contribution in [0.5, 0.6) is 0 Å². The molecule has 3 amide bonds. The third-order valence-corrected chi connectivity index (χ3v) is 4.44. The van der Waals surface area contributed by atoms with Gasteiger partial charge in [-0.1, -0.05) is 13.8 Å². The molecule has 0 saturated heterocycles. The Balaban J connectivity index is 3.04. The van der Waals surface area contributed by atoms with E-state index in [9.17, 15) is 24.0 Å². The van der Waals surface area contributed by atoms with Crippen LogP contribution in [0.2, 0.25) is 0 Å². The fourth-order valence-corrected chi connectivity index (χ4v) is 2.51. The van der Waals surface area contributed by atoms with Crippen molar-refractivity contribution >= 4 is 29.7 Å². The molecule has 1 aromatic heterocycles. The van der Waals surface area contributed by atoms with Gasteiger partial charge in [-0.2, -0.15) is 0 Å². The van der Waals surface area contributed by atoms with Gasteiger partial charge in [-0.25, -0.2) is 9.78 Å². The number of carboxylic acid groups (broad SMARTS) is 2. The van der Waals surface area contributed by atoms with Crippen LogP contribution in [0.25, 0.3) is 0 Å². The summed E-state index contributed by atoms with van der Waals surface area (Å²) in [4.78, 5) is 66.3. The second-order valence-electron chi connectivity index (χ2n) is 7.35. The molecule has 0 fully saturated rings. The summed E-state index contributed by atoms with van der Waals surface area (Å²) in [6, 6.07) is -5.54. The van der Waals surface area contributed by atoms with Crippen LogP contribution >= 0.6 is 0 Å². The van der Waals surface area contributed by atoms with Crippen LogP contribution in [-0.2, 0) is 30.4 Å². The molecule has 0 bridgehead atoms. The molecule has 9 N–H and O–H groups in total. The normalized spacial score (nSPS) is 14.7. The maximum Gasteiger partial charge on any atom is 0.328 e. The summed E-state index contributed by atoms with van der Waals surface area (Å²) >= 11 is 0. The summed E-state index contributed by atoms with van der Waals surface area (Å²) in [6.45, 7) is 2.48. The van der Waals surface area contributed by atoms with Crippen molar-refractivity contribution in [3.63, 3.8) is 0 Å². The summed E-state index contributed by atoms with van der Waals surface area (Å²) in [5.41, 5.74) is 6.28. The predicted molar refractivity (Wildman–Crippen MR) is 108 cm³/mol. The summed E-state index contributed by atoms with van der Waals surface area (Å²) in [6.07, 6.45) is 1.83. The average Bonchev–Trinajstić information content (AvgIpc) is 3.22. The number of nitrogens with one attached hydrogen (secondary N) is 4. The molecule has 0 aliphatic carbocycles.